The lowest BCUT2D eigenvalue weighted by Gasteiger charge is -2.20. The molecule has 0 aliphatic rings. The van der Waals surface area contributed by atoms with E-state index in [1.807, 2.05) is 13.8 Å². The number of alkyl halides is 1. The van der Waals surface area contributed by atoms with Crippen molar-refractivity contribution in [2.24, 2.45) is 5.92 Å². The lowest BCUT2D eigenvalue weighted by atomic mass is 10.3. The van der Waals surface area contributed by atoms with E-state index >= 15 is 0 Å². The molecule has 0 rings (SSSR count). The fraction of sp³-hybridized carbons (Fsp3) is 0.800. The normalized spacial score (nSPS) is 13.8. The Labute approximate surface area is 97.8 Å². The van der Waals surface area contributed by atoms with E-state index in [0.717, 1.165) is 6.42 Å². The molecule has 0 saturated carbocycles. The maximum atomic E-state index is 11.9. The van der Waals surface area contributed by atoms with Crippen molar-refractivity contribution in [3.8, 4) is 12.3 Å². The summed E-state index contributed by atoms with van der Waals surface area (Å²) in [5, 5.41) is 0. The van der Waals surface area contributed by atoms with Gasteiger partial charge in [-0.1, -0.05) is 19.8 Å². The van der Waals surface area contributed by atoms with Crippen molar-refractivity contribution in [3.05, 3.63) is 0 Å². The van der Waals surface area contributed by atoms with Crippen LogP contribution >= 0.6 is 11.6 Å². The van der Waals surface area contributed by atoms with E-state index in [0.29, 0.717) is 12.4 Å². The summed E-state index contributed by atoms with van der Waals surface area (Å²) in [6.07, 6.45) is 5.90. The zero-order chi connectivity index (χ0) is 11.9. The highest BCUT2D eigenvalue weighted by molar-refractivity contribution is 7.89. The van der Waals surface area contributed by atoms with Gasteiger partial charge in [-0.3, -0.25) is 0 Å². The fourth-order valence-electron chi connectivity index (χ4n) is 1.18. The second-order valence-corrected chi connectivity index (χ2v) is 5.90. The summed E-state index contributed by atoms with van der Waals surface area (Å²) in [6, 6.07) is 0. The van der Waals surface area contributed by atoms with Crippen LogP contribution in [0.2, 0.25) is 0 Å². The second kappa shape index (κ2) is 7.10. The van der Waals surface area contributed by atoms with Crippen LogP contribution in [0.15, 0.2) is 0 Å². The third-order valence-corrected chi connectivity index (χ3v) is 4.51. The van der Waals surface area contributed by atoms with Crippen molar-refractivity contribution in [2.75, 3.05) is 24.7 Å². The fourth-order valence-corrected chi connectivity index (χ4v) is 3.20. The Bertz CT molecular complexity index is 308. The van der Waals surface area contributed by atoms with Gasteiger partial charge in [-0.05, 0) is 12.3 Å². The first kappa shape index (κ1) is 14.8. The Morgan fingerprint density at radius 3 is 2.53 bits per heavy atom. The molecule has 0 radical (unpaired) electrons. The minimum absolute atomic E-state index is 0.0474. The molecule has 0 aliphatic carbocycles. The minimum Gasteiger partial charge on any atom is -0.212 e. The molecule has 1 unspecified atom stereocenters. The molecule has 0 aromatic rings. The Morgan fingerprint density at radius 1 is 1.53 bits per heavy atom. The lowest BCUT2D eigenvalue weighted by molar-refractivity contribution is 0.440. The molecule has 0 N–H and O–H groups in total. The molecule has 0 aliphatic heterocycles. The standard InChI is InChI=1S/C10H18ClNO2S/c1-4-6-12(7-5-2)15(13,14)9-10(3)8-11/h1,10H,5-9H2,2-3H3. The average molecular weight is 252 g/mol. The van der Waals surface area contributed by atoms with Crippen LogP contribution in [-0.2, 0) is 10.0 Å². The van der Waals surface area contributed by atoms with E-state index in [1.54, 1.807) is 0 Å². The van der Waals surface area contributed by atoms with Crippen LogP contribution in [0, 0.1) is 18.3 Å². The van der Waals surface area contributed by atoms with E-state index in [2.05, 4.69) is 5.92 Å². The van der Waals surface area contributed by atoms with Gasteiger partial charge in [0.15, 0.2) is 0 Å². The molecule has 0 spiro atoms. The SMILES string of the molecule is C#CCN(CCC)S(=O)(=O)CC(C)CCl. The summed E-state index contributed by atoms with van der Waals surface area (Å²) in [4.78, 5) is 0. The number of halogens is 1. The van der Waals surface area contributed by atoms with Crippen LogP contribution < -0.4 is 0 Å². The van der Waals surface area contributed by atoms with Gasteiger partial charge in [0.1, 0.15) is 0 Å². The Morgan fingerprint density at radius 2 is 2.13 bits per heavy atom. The summed E-state index contributed by atoms with van der Waals surface area (Å²) in [5.41, 5.74) is 0. The molecule has 88 valence electrons. The molecule has 0 fully saturated rings. The van der Waals surface area contributed by atoms with E-state index in [4.69, 9.17) is 18.0 Å². The van der Waals surface area contributed by atoms with Gasteiger partial charge in [0.25, 0.3) is 0 Å². The number of nitrogens with zero attached hydrogens (tertiary/aromatic N) is 1. The van der Waals surface area contributed by atoms with Crippen molar-refractivity contribution in [3.63, 3.8) is 0 Å². The lowest BCUT2D eigenvalue weighted by Crippen LogP contribution is -2.36. The van der Waals surface area contributed by atoms with Gasteiger partial charge >= 0.3 is 0 Å². The highest BCUT2D eigenvalue weighted by atomic mass is 35.5. The smallest absolute Gasteiger partial charge is 0.212 e. The molecule has 0 saturated heterocycles. The quantitative estimate of drug-likeness (QED) is 0.509. The van der Waals surface area contributed by atoms with E-state index < -0.39 is 10.0 Å². The number of sulfonamides is 1. The van der Waals surface area contributed by atoms with Crippen LogP contribution in [0.4, 0.5) is 0 Å². The molecule has 0 amide bonds. The van der Waals surface area contributed by atoms with Crippen LogP contribution in [0.3, 0.4) is 0 Å². The molecular weight excluding hydrogens is 234 g/mol. The molecular formula is C10H18ClNO2S. The third kappa shape index (κ3) is 5.41. The van der Waals surface area contributed by atoms with Crippen LogP contribution in [-0.4, -0.2) is 37.4 Å². The van der Waals surface area contributed by atoms with Crippen molar-refractivity contribution >= 4 is 21.6 Å². The largest absolute Gasteiger partial charge is 0.215 e. The van der Waals surface area contributed by atoms with Crippen LogP contribution in [0.5, 0.6) is 0 Å². The summed E-state index contributed by atoms with van der Waals surface area (Å²) >= 11 is 5.59. The van der Waals surface area contributed by atoms with Gasteiger partial charge in [0.2, 0.25) is 10.0 Å². The van der Waals surface area contributed by atoms with Crippen molar-refractivity contribution < 1.29 is 8.42 Å². The van der Waals surface area contributed by atoms with Gasteiger partial charge in [0.05, 0.1) is 12.3 Å². The predicted molar refractivity (Wildman–Crippen MR) is 64.4 cm³/mol. The molecule has 0 heterocycles. The Hall–Kier alpha value is -0.240. The van der Waals surface area contributed by atoms with Crippen LogP contribution in [0.1, 0.15) is 20.3 Å². The van der Waals surface area contributed by atoms with E-state index in [9.17, 15) is 8.42 Å². The Balaban J connectivity index is 4.57. The number of hydrogen-bond acceptors (Lipinski definition) is 2. The molecule has 0 aromatic heterocycles. The first-order chi connectivity index (χ1) is 6.97. The minimum atomic E-state index is -3.25. The first-order valence-corrected chi connectivity index (χ1v) is 7.09. The van der Waals surface area contributed by atoms with Gasteiger partial charge in [-0.15, -0.1) is 18.0 Å². The summed E-state index contributed by atoms with van der Waals surface area (Å²) in [7, 11) is -3.25. The molecule has 5 heteroatoms. The van der Waals surface area contributed by atoms with Gasteiger partial charge < -0.3 is 0 Å². The van der Waals surface area contributed by atoms with Gasteiger partial charge in [0, 0.05) is 12.4 Å². The molecule has 0 bridgehead atoms. The third-order valence-electron chi connectivity index (χ3n) is 1.89. The number of terminal acetylenes is 1. The summed E-state index contributed by atoms with van der Waals surface area (Å²) in [6.45, 7) is 4.35. The maximum absolute atomic E-state index is 11.9. The van der Waals surface area contributed by atoms with Crippen LogP contribution in [0.25, 0.3) is 0 Å². The zero-order valence-corrected chi connectivity index (χ0v) is 10.8. The average Bonchev–Trinajstić information content (AvgIpc) is 2.16. The highest BCUT2D eigenvalue weighted by Crippen LogP contribution is 2.09. The van der Waals surface area contributed by atoms with Gasteiger partial charge in [-0.2, -0.15) is 4.31 Å². The monoisotopic (exact) mass is 251 g/mol. The number of rotatable bonds is 7. The highest BCUT2D eigenvalue weighted by Gasteiger charge is 2.22. The predicted octanol–water partition coefficient (Wildman–Crippen LogP) is 1.54. The topological polar surface area (TPSA) is 37.4 Å². The summed E-state index contributed by atoms with van der Waals surface area (Å²) < 4.78 is 25.0. The maximum Gasteiger partial charge on any atom is 0.215 e. The van der Waals surface area contributed by atoms with Crippen molar-refractivity contribution in [1.29, 1.82) is 0 Å². The van der Waals surface area contributed by atoms with Crippen molar-refractivity contribution in [2.45, 2.75) is 20.3 Å². The van der Waals surface area contributed by atoms with E-state index in [1.165, 1.54) is 4.31 Å². The first-order valence-electron chi connectivity index (χ1n) is 4.95. The number of hydrogen-bond donors (Lipinski definition) is 0. The van der Waals surface area contributed by atoms with Crippen molar-refractivity contribution in [1.82, 2.24) is 4.31 Å². The molecule has 15 heavy (non-hydrogen) atoms. The molecule has 1 atom stereocenters. The van der Waals surface area contributed by atoms with Gasteiger partial charge in [-0.25, -0.2) is 8.42 Å². The second-order valence-electron chi connectivity index (χ2n) is 3.58. The molecule has 0 aromatic carbocycles. The zero-order valence-electron chi connectivity index (χ0n) is 9.24. The Kier molecular flexibility index (Phi) is 6.99. The van der Waals surface area contributed by atoms with E-state index in [-0.39, 0.29) is 18.2 Å². The summed E-state index contributed by atoms with van der Waals surface area (Å²) in [5.74, 6) is 2.73. The molecule has 3 nitrogen and oxygen atoms in total.